The molecule has 0 radical (unpaired) electrons. The monoisotopic (exact) mass is 377 g/mol. The van der Waals surface area contributed by atoms with Crippen molar-refractivity contribution in [2.24, 2.45) is 5.92 Å². The number of sulfonamides is 1. The first kappa shape index (κ1) is 17.6. The van der Waals surface area contributed by atoms with Crippen LogP contribution in [0.1, 0.15) is 26.2 Å². The van der Waals surface area contributed by atoms with Gasteiger partial charge in [-0.3, -0.25) is 4.72 Å². The number of benzene rings is 1. The minimum atomic E-state index is -4.01. The second-order valence-corrected chi connectivity index (χ2v) is 9.75. The Kier molecular flexibility index (Phi) is 4.58. The van der Waals surface area contributed by atoms with Crippen molar-refractivity contribution < 1.29 is 21.2 Å². The van der Waals surface area contributed by atoms with Crippen LogP contribution in [0, 0.1) is 11.7 Å². The lowest BCUT2D eigenvalue weighted by molar-refractivity contribution is 0.469. The van der Waals surface area contributed by atoms with Crippen molar-refractivity contribution in [1.82, 2.24) is 9.03 Å². The molecule has 0 amide bonds. The van der Waals surface area contributed by atoms with E-state index in [1.807, 2.05) is 6.92 Å². The minimum absolute atomic E-state index is 0.0205. The molecule has 1 aromatic carbocycles. The van der Waals surface area contributed by atoms with E-state index in [9.17, 15) is 21.2 Å². The molecule has 2 N–H and O–H groups in total. The highest BCUT2D eigenvalue weighted by Gasteiger charge is 2.31. The van der Waals surface area contributed by atoms with Gasteiger partial charge in [-0.05, 0) is 43.4 Å². The smallest absolute Gasteiger partial charge is 0.271 e. The van der Waals surface area contributed by atoms with Gasteiger partial charge in [0.25, 0.3) is 0 Å². The van der Waals surface area contributed by atoms with Gasteiger partial charge in [-0.2, -0.15) is 12.7 Å². The minimum Gasteiger partial charge on any atom is -0.271 e. The summed E-state index contributed by atoms with van der Waals surface area (Å²) in [4.78, 5) is -0.551. The summed E-state index contributed by atoms with van der Waals surface area (Å²) in [7, 11) is -7.79. The lowest BCUT2D eigenvalue weighted by Crippen LogP contribution is -2.34. The Morgan fingerprint density at radius 3 is 2.46 bits per heavy atom. The van der Waals surface area contributed by atoms with Crippen LogP contribution in [0.3, 0.4) is 0 Å². The Labute approximate surface area is 141 Å². The van der Waals surface area contributed by atoms with Crippen molar-refractivity contribution >= 4 is 25.9 Å². The lowest BCUT2D eigenvalue weighted by atomic mass is 10.2. The average molecular weight is 377 g/mol. The van der Waals surface area contributed by atoms with E-state index in [1.54, 1.807) is 0 Å². The first-order chi connectivity index (χ1) is 11.2. The largest absolute Gasteiger partial charge is 0.301 e. The molecule has 134 valence electrons. The van der Waals surface area contributed by atoms with Crippen LogP contribution in [0.4, 0.5) is 10.1 Å². The van der Waals surface area contributed by atoms with Crippen molar-refractivity contribution in [3.05, 3.63) is 24.0 Å². The van der Waals surface area contributed by atoms with Crippen molar-refractivity contribution in [1.29, 1.82) is 0 Å². The van der Waals surface area contributed by atoms with E-state index in [2.05, 4.69) is 9.44 Å². The predicted octanol–water partition coefficient (Wildman–Crippen LogP) is 1.26. The quantitative estimate of drug-likeness (QED) is 0.780. The number of hydrogen-bond acceptors (Lipinski definition) is 4. The van der Waals surface area contributed by atoms with Gasteiger partial charge >= 0.3 is 10.2 Å². The van der Waals surface area contributed by atoms with Gasteiger partial charge in [0.1, 0.15) is 10.7 Å². The van der Waals surface area contributed by atoms with Gasteiger partial charge < -0.3 is 0 Å². The molecule has 10 heteroatoms. The van der Waals surface area contributed by atoms with E-state index >= 15 is 0 Å². The van der Waals surface area contributed by atoms with Crippen LogP contribution in [0.2, 0.25) is 0 Å². The fourth-order valence-electron chi connectivity index (χ4n) is 2.58. The first-order valence-electron chi connectivity index (χ1n) is 7.77. The number of hydrogen-bond donors (Lipinski definition) is 2. The van der Waals surface area contributed by atoms with E-state index in [0.29, 0.717) is 13.1 Å². The topological polar surface area (TPSA) is 95.6 Å². The van der Waals surface area contributed by atoms with Crippen LogP contribution in [0.25, 0.3) is 0 Å². The molecule has 1 saturated carbocycles. The molecular formula is C14H20FN3O4S2. The van der Waals surface area contributed by atoms with E-state index in [4.69, 9.17) is 0 Å². The van der Waals surface area contributed by atoms with Crippen LogP contribution in [-0.2, 0) is 20.2 Å². The summed E-state index contributed by atoms with van der Waals surface area (Å²) in [5, 5.41) is 0. The van der Waals surface area contributed by atoms with Crippen molar-refractivity contribution in [3.8, 4) is 0 Å². The lowest BCUT2D eigenvalue weighted by Gasteiger charge is -2.18. The zero-order valence-corrected chi connectivity index (χ0v) is 14.8. The molecule has 1 aliphatic carbocycles. The third-order valence-corrected chi connectivity index (χ3v) is 7.13. The molecule has 1 heterocycles. The summed E-state index contributed by atoms with van der Waals surface area (Å²) in [6, 6.07) is 3.01. The third kappa shape index (κ3) is 3.88. The zero-order chi connectivity index (χ0) is 17.5. The molecule has 0 bridgehead atoms. The van der Waals surface area contributed by atoms with E-state index in [-0.39, 0.29) is 17.6 Å². The fourth-order valence-corrected chi connectivity index (χ4v) is 5.34. The summed E-state index contributed by atoms with van der Waals surface area (Å²) in [6.45, 7) is 2.78. The molecule has 7 nitrogen and oxygen atoms in total. The first-order valence-corrected chi connectivity index (χ1v) is 10.7. The normalized spacial score (nSPS) is 22.7. The average Bonchev–Trinajstić information content (AvgIpc) is 3.16. The Bertz CT molecular complexity index is 838. The molecule has 2 aliphatic rings. The summed E-state index contributed by atoms with van der Waals surface area (Å²) in [5.41, 5.74) is 0.0205. The predicted molar refractivity (Wildman–Crippen MR) is 87.6 cm³/mol. The summed E-state index contributed by atoms with van der Waals surface area (Å²) >= 11 is 0. The van der Waals surface area contributed by atoms with Gasteiger partial charge in [-0.15, -0.1) is 0 Å². The molecule has 1 aliphatic heterocycles. The Morgan fingerprint density at radius 2 is 1.88 bits per heavy atom. The van der Waals surface area contributed by atoms with Crippen LogP contribution in [-0.4, -0.2) is 40.3 Å². The van der Waals surface area contributed by atoms with Crippen LogP contribution >= 0.6 is 0 Å². The molecule has 3 rings (SSSR count). The van der Waals surface area contributed by atoms with E-state index in [1.165, 1.54) is 10.4 Å². The molecule has 1 aromatic rings. The maximum atomic E-state index is 13.9. The van der Waals surface area contributed by atoms with Gasteiger partial charge in [-0.1, -0.05) is 6.92 Å². The standard InChI is InChI=1S/C14H20FN3O4S2/c1-10-6-7-18(9-10)24(21,22)17-12-4-5-13(15)14(8-12)23(19,20)16-11-2-3-11/h4-5,8,10-11,16-17H,2-3,6-7,9H2,1H3. The summed E-state index contributed by atoms with van der Waals surface area (Å²) < 4.78 is 69.0. The van der Waals surface area contributed by atoms with E-state index < -0.39 is 30.9 Å². The van der Waals surface area contributed by atoms with Crippen LogP contribution in [0.15, 0.2) is 23.1 Å². The van der Waals surface area contributed by atoms with Gasteiger partial charge in [0.05, 0.1) is 5.69 Å². The second-order valence-electron chi connectivity index (χ2n) is 6.40. The molecule has 2 fully saturated rings. The highest BCUT2D eigenvalue weighted by molar-refractivity contribution is 7.90. The molecule has 0 aromatic heterocycles. The number of nitrogens with one attached hydrogen (secondary N) is 2. The maximum absolute atomic E-state index is 13.9. The summed E-state index contributed by atoms with van der Waals surface area (Å²) in [6.07, 6.45) is 2.22. The number of halogens is 1. The van der Waals surface area contributed by atoms with Gasteiger partial charge in [0.2, 0.25) is 10.0 Å². The van der Waals surface area contributed by atoms with Crippen molar-refractivity contribution in [2.45, 2.75) is 37.1 Å². The van der Waals surface area contributed by atoms with Gasteiger partial charge in [-0.25, -0.2) is 17.5 Å². The Hall–Kier alpha value is -1.23. The third-order valence-electron chi connectivity index (χ3n) is 4.09. The summed E-state index contributed by atoms with van der Waals surface area (Å²) in [5.74, 6) is -0.644. The molecule has 24 heavy (non-hydrogen) atoms. The van der Waals surface area contributed by atoms with Crippen LogP contribution in [0.5, 0.6) is 0 Å². The van der Waals surface area contributed by atoms with Crippen molar-refractivity contribution in [3.63, 3.8) is 0 Å². The Balaban J connectivity index is 1.83. The highest BCUT2D eigenvalue weighted by atomic mass is 32.2. The molecule has 1 unspecified atom stereocenters. The SMILES string of the molecule is CC1CCN(S(=O)(=O)Nc2ccc(F)c(S(=O)(=O)NC3CC3)c2)C1. The highest BCUT2D eigenvalue weighted by Crippen LogP contribution is 2.26. The molecule has 0 spiro atoms. The van der Waals surface area contributed by atoms with E-state index in [0.717, 1.165) is 31.4 Å². The molecule has 1 saturated heterocycles. The Morgan fingerprint density at radius 1 is 1.17 bits per heavy atom. The number of anilines is 1. The van der Waals surface area contributed by atoms with Gasteiger partial charge in [0, 0.05) is 19.1 Å². The number of nitrogens with zero attached hydrogens (tertiary/aromatic N) is 1. The molecule has 1 atom stereocenters. The van der Waals surface area contributed by atoms with Gasteiger partial charge in [0.15, 0.2) is 0 Å². The maximum Gasteiger partial charge on any atom is 0.301 e. The fraction of sp³-hybridized carbons (Fsp3) is 0.571. The second kappa shape index (κ2) is 6.25. The molecular weight excluding hydrogens is 357 g/mol. The number of rotatable bonds is 6. The van der Waals surface area contributed by atoms with Crippen molar-refractivity contribution in [2.75, 3.05) is 17.8 Å². The zero-order valence-electron chi connectivity index (χ0n) is 13.2. The van der Waals surface area contributed by atoms with Crippen LogP contribution < -0.4 is 9.44 Å².